The van der Waals surface area contributed by atoms with Gasteiger partial charge >= 0.3 is 5.97 Å². The molecule has 7 nitrogen and oxygen atoms in total. The Hall–Kier alpha value is -3.09. The Balaban J connectivity index is 2.03. The zero-order valence-electron chi connectivity index (χ0n) is 11.8. The Labute approximate surface area is 125 Å². The van der Waals surface area contributed by atoms with E-state index in [0.717, 1.165) is 16.4 Å². The Bertz CT molecular complexity index is 767. The van der Waals surface area contributed by atoms with Gasteiger partial charge in [-0.2, -0.15) is 4.73 Å². The van der Waals surface area contributed by atoms with Crippen molar-refractivity contribution in [2.45, 2.75) is 6.92 Å². The zero-order chi connectivity index (χ0) is 16.1. The topological polar surface area (TPSA) is 97.6 Å². The SMILES string of the molecule is Cc1ccccc1NC(=O)COn1cccc(C(=O)O)c1=O. The summed E-state index contributed by atoms with van der Waals surface area (Å²) in [5, 5.41) is 11.5. The minimum atomic E-state index is -1.35. The second-order valence-corrected chi connectivity index (χ2v) is 4.49. The first kappa shape index (κ1) is 15.3. The lowest BCUT2D eigenvalue weighted by Crippen LogP contribution is -2.34. The van der Waals surface area contributed by atoms with Crippen LogP contribution in [0.15, 0.2) is 47.4 Å². The number of pyridine rings is 1. The van der Waals surface area contributed by atoms with E-state index < -0.39 is 29.6 Å². The van der Waals surface area contributed by atoms with E-state index in [0.29, 0.717) is 5.69 Å². The van der Waals surface area contributed by atoms with Gasteiger partial charge in [0.15, 0.2) is 6.61 Å². The Morgan fingerprint density at radius 3 is 2.64 bits per heavy atom. The molecule has 0 aliphatic carbocycles. The van der Waals surface area contributed by atoms with E-state index in [9.17, 15) is 14.4 Å². The number of para-hydroxylation sites is 1. The summed E-state index contributed by atoms with van der Waals surface area (Å²) in [6, 6.07) is 9.73. The van der Waals surface area contributed by atoms with Crippen LogP contribution in [0.5, 0.6) is 0 Å². The molecule has 0 spiro atoms. The van der Waals surface area contributed by atoms with Crippen LogP contribution in [0, 0.1) is 6.92 Å². The summed E-state index contributed by atoms with van der Waals surface area (Å²) in [7, 11) is 0. The first-order chi connectivity index (χ1) is 10.5. The normalized spacial score (nSPS) is 10.0. The summed E-state index contributed by atoms with van der Waals surface area (Å²) >= 11 is 0. The summed E-state index contributed by atoms with van der Waals surface area (Å²) < 4.78 is 0.723. The van der Waals surface area contributed by atoms with Gasteiger partial charge in [0, 0.05) is 11.9 Å². The monoisotopic (exact) mass is 302 g/mol. The van der Waals surface area contributed by atoms with E-state index in [4.69, 9.17) is 9.94 Å². The molecular formula is C15H14N2O5. The number of aromatic nitrogens is 1. The summed E-state index contributed by atoms with van der Waals surface area (Å²) in [4.78, 5) is 39.4. The molecule has 1 aromatic heterocycles. The van der Waals surface area contributed by atoms with Crippen LogP contribution >= 0.6 is 0 Å². The molecule has 7 heteroatoms. The van der Waals surface area contributed by atoms with Crippen LogP contribution in [0.3, 0.4) is 0 Å². The summed E-state index contributed by atoms with van der Waals surface area (Å²) in [6.07, 6.45) is 1.25. The number of hydrogen-bond donors (Lipinski definition) is 2. The molecule has 1 aromatic carbocycles. The van der Waals surface area contributed by atoms with Gasteiger partial charge < -0.3 is 15.3 Å². The van der Waals surface area contributed by atoms with Crippen molar-refractivity contribution in [1.82, 2.24) is 4.73 Å². The van der Waals surface area contributed by atoms with Crippen molar-refractivity contribution in [2.75, 3.05) is 11.9 Å². The third kappa shape index (κ3) is 3.51. The molecule has 0 bridgehead atoms. The largest absolute Gasteiger partial charge is 0.477 e. The molecule has 2 aromatic rings. The van der Waals surface area contributed by atoms with Crippen LogP contribution in [-0.2, 0) is 4.79 Å². The highest BCUT2D eigenvalue weighted by Gasteiger charge is 2.12. The van der Waals surface area contributed by atoms with Crippen LogP contribution in [0.4, 0.5) is 5.69 Å². The third-order valence-corrected chi connectivity index (χ3v) is 2.90. The standard InChI is InChI=1S/C15H14N2O5/c1-10-5-2-3-7-12(10)16-13(18)9-22-17-8-4-6-11(14(17)19)15(20)21/h2-8H,9H2,1H3,(H,16,18)(H,20,21). The Kier molecular flexibility index (Phi) is 4.57. The van der Waals surface area contributed by atoms with Gasteiger partial charge in [-0.15, -0.1) is 0 Å². The molecule has 0 saturated carbocycles. The van der Waals surface area contributed by atoms with Gasteiger partial charge in [-0.05, 0) is 30.7 Å². The molecule has 1 heterocycles. The maximum absolute atomic E-state index is 11.8. The van der Waals surface area contributed by atoms with Crippen LogP contribution in [-0.4, -0.2) is 28.3 Å². The van der Waals surface area contributed by atoms with Crippen molar-refractivity contribution in [3.8, 4) is 0 Å². The number of anilines is 1. The predicted molar refractivity (Wildman–Crippen MR) is 78.9 cm³/mol. The molecule has 0 fully saturated rings. The highest BCUT2D eigenvalue weighted by atomic mass is 16.7. The molecule has 22 heavy (non-hydrogen) atoms. The van der Waals surface area contributed by atoms with Crippen molar-refractivity contribution >= 4 is 17.6 Å². The minimum absolute atomic E-state index is 0.419. The smallest absolute Gasteiger partial charge is 0.341 e. The van der Waals surface area contributed by atoms with Gasteiger partial charge in [0.25, 0.3) is 11.5 Å². The highest BCUT2D eigenvalue weighted by Crippen LogP contribution is 2.12. The number of benzene rings is 1. The number of carbonyl (C=O) groups is 2. The maximum Gasteiger partial charge on any atom is 0.341 e. The quantitative estimate of drug-likeness (QED) is 0.856. The summed E-state index contributed by atoms with van der Waals surface area (Å²) in [5.41, 5.74) is 0.268. The molecule has 0 radical (unpaired) electrons. The van der Waals surface area contributed by atoms with Crippen molar-refractivity contribution in [2.24, 2.45) is 0 Å². The molecule has 2 rings (SSSR count). The Morgan fingerprint density at radius 1 is 1.23 bits per heavy atom. The number of nitrogens with one attached hydrogen (secondary N) is 1. The molecule has 0 aliphatic rings. The first-order valence-corrected chi connectivity index (χ1v) is 6.43. The van der Waals surface area contributed by atoms with Crippen molar-refractivity contribution in [1.29, 1.82) is 0 Å². The van der Waals surface area contributed by atoms with Crippen LogP contribution in [0.2, 0.25) is 0 Å². The molecular weight excluding hydrogens is 288 g/mol. The number of aryl methyl sites for hydroxylation is 1. The van der Waals surface area contributed by atoms with E-state index in [1.807, 2.05) is 19.1 Å². The van der Waals surface area contributed by atoms with Gasteiger partial charge in [-0.25, -0.2) is 4.79 Å². The molecule has 0 aliphatic heterocycles. The summed E-state index contributed by atoms with van der Waals surface area (Å²) in [6.45, 7) is 1.43. The number of aromatic carboxylic acids is 1. The number of rotatable bonds is 5. The van der Waals surface area contributed by atoms with Gasteiger partial charge in [0.2, 0.25) is 0 Å². The molecule has 114 valence electrons. The van der Waals surface area contributed by atoms with Crippen molar-refractivity contribution < 1.29 is 19.5 Å². The van der Waals surface area contributed by atoms with Crippen LogP contribution < -0.4 is 15.7 Å². The Morgan fingerprint density at radius 2 is 1.95 bits per heavy atom. The minimum Gasteiger partial charge on any atom is -0.477 e. The molecule has 0 unspecified atom stereocenters. The number of carboxylic acids is 1. The van der Waals surface area contributed by atoms with E-state index in [-0.39, 0.29) is 0 Å². The number of carboxylic acid groups (broad SMARTS) is 1. The number of hydrogen-bond acceptors (Lipinski definition) is 4. The zero-order valence-corrected chi connectivity index (χ0v) is 11.8. The fourth-order valence-corrected chi connectivity index (χ4v) is 1.77. The number of amides is 1. The second kappa shape index (κ2) is 6.57. The lowest BCUT2D eigenvalue weighted by molar-refractivity contribution is -0.120. The molecule has 0 atom stereocenters. The van der Waals surface area contributed by atoms with E-state index in [1.54, 1.807) is 12.1 Å². The fourth-order valence-electron chi connectivity index (χ4n) is 1.77. The van der Waals surface area contributed by atoms with Gasteiger partial charge in [-0.1, -0.05) is 18.2 Å². The van der Waals surface area contributed by atoms with E-state index in [2.05, 4.69) is 5.32 Å². The average Bonchev–Trinajstić information content (AvgIpc) is 2.48. The second-order valence-electron chi connectivity index (χ2n) is 4.49. The molecule has 0 saturated heterocycles. The van der Waals surface area contributed by atoms with Crippen LogP contribution in [0.1, 0.15) is 15.9 Å². The lowest BCUT2D eigenvalue weighted by Gasteiger charge is -2.10. The van der Waals surface area contributed by atoms with Gasteiger partial charge in [0.05, 0.1) is 0 Å². The number of nitrogens with zero attached hydrogens (tertiary/aromatic N) is 1. The van der Waals surface area contributed by atoms with Crippen molar-refractivity contribution in [3.05, 3.63) is 64.1 Å². The lowest BCUT2D eigenvalue weighted by atomic mass is 10.2. The molecule has 2 N–H and O–H groups in total. The van der Waals surface area contributed by atoms with Crippen molar-refractivity contribution in [3.63, 3.8) is 0 Å². The van der Waals surface area contributed by atoms with Gasteiger partial charge in [-0.3, -0.25) is 9.59 Å². The maximum atomic E-state index is 11.8. The molecule has 1 amide bonds. The van der Waals surface area contributed by atoms with E-state index in [1.165, 1.54) is 12.3 Å². The average molecular weight is 302 g/mol. The highest BCUT2D eigenvalue weighted by molar-refractivity contribution is 5.92. The van der Waals surface area contributed by atoms with Crippen LogP contribution in [0.25, 0.3) is 0 Å². The third-order valence-electron chi connectivity index (χ3n) is 2.90. The summed E-state index contributed by atoms with van der Waals surface area (Å²) in [5.74, 6) is -1.81. The van der Waals surface area contributed by atoms with Gasteiger partial charge in [0.1, 0.15) is 5.56 Å². The first-order valence-electron chi connectivity index (χ1n) is 6.43. The fraction of sp³-hybridized carbons (Fsp3) is 0.133. The predicted octanol–water partition coefficient (Wildman–Crippen LogP) is 0.922. The number of carbonyl (C=O) groups excluding carboxylic acids is 1. The van der Waals surface area contributed by atoms with E-state index >= 15 is 0 Å².